The summed E-state index contributed by atoms with van der Waals surface area (Å²) in [5, 5.41) is 2.86. The normalized spacial score (nSPS) is 13.6. The zero-order valence-electron chi connectivity index (χ0n) is 6.02. The number of nitrogens with two attached hydrogens (primary N) is 1. The lowest BCUT2D eigenvalue weighted by Crippen LogP contribution is -2.02. The number of rotatable bonds is 1. The van der Waals surface area contributed by atoms with E-state index in [1.807, 2.05) is 19.2 Å². The van der Waals surface area contributed by atoms with Gasteiger partial charge in [0.1, 0.15) is 0 Å². The number of halogens is 1. The Bertz CT molecular complexity index is 230. The van der Waals surface area contributed by atoms with Gasteiger partial charge in [-0.25, -0.2) is 0 Å². The molecule has 1 aromatic rings. The summed E-state index contributed by atoms with van der Waals surface area (Å²) in [4.78, 5) is 1.08. The molecule has 0 aromatic carbocycles. The van der Waals surface area contributed by atoms with Crippen molar-refractivity contribution >= 4 is 22.9 Å². The van der Waals surface area contributed by atoms with E-state index in [0.29, 0.717) is 0 Å². The van der Waals surface area contributed by atoms with Crippen molar-refractivity contribution in [1.29, 1.82) is 0 Å². The summed E-state index contributed by atoms with van der Waals surface area (Å²) < 4.78 is 0. The van der Waals surface area contributed by atoms with E-state index in [-0.39, 0.29) is 6.04 Å². The van der Waals surface area contributed by atoms with Gasteiger partial charge in [0.05, 0.1) is 5.02 Å². The van der Waals surface area contributed by atoms with Crippen molar-refractivity contribution in [1.82, 2.24) is 0 Å². The van der Waals surface area contributed by atoms with Crippen molar-refractivity contribution < 1.29 is 0 Å². The first-order chi connectivity index (χ1) is 4.63. The minimum absolute atomic E-state index is 0.0613. The summed E-state index contributed by atoms with van der Waals surface area (Å²) in [6.45, 7) is 3.93. The lowest BCUT2D eigenvalue weighted by molar-refractivity contribution is 0.838. The minimum atomic E-state index is 0.0613. The third-order valence-corrected chi connectivity index (χ3v) is 3.25. The fourth-order valence-corrected chi connectivity index (χ4v) is 2.08. The Labute approximate surface area is 69.8 Å². The van der Waals surface area contributed by atoms with Crippen LogP contribution in [0.3, 0.4) is 0 Å². The SMILES string of the molecule is Cc1csc([C@@H](C)N)c1Cl. The molecule has 0 bridgehead atoms. The molecule has 1 aromatic heterocycles. The van der Waals surface area contributed by atoms with Crippen LogP contribution in [-0.2, 0) is 0 Å². The van der Waals surface area contributed by atoms with E-state index >= 15 is 0 Å². The number of hydrogen-bond acceptors (Lipinski definition) is 2. The standard InChI is InChI=1S/C7H10ClNS/c1-4-3-10-7(5(2)9)6(4)8/h3,5H,9H2,1-2H3/t5-/m1/s1. The van der Waals surface area contributed by atoms with Crippen LogP contribution in [0.4, 0.5) is 0 Å². The zero-order valence-corrected chi connectivity index (χ0v) is 7.59. The maximum Gasteiger partial charge on any atom is 0.0590 e. The van der Waals surface area contributed by atoms with E-state index in [1.54, 1.807) is 11.3 Å². The summed E-state index contributed by atoms with van der Waals surface area (Å²) in [7, 11) is 0. The molecule has 0 spiro atoms. The van der Waals surface area contributed by atoms with Crippen molar-refractivity contribution in [2.45, 2.75) is 19.9 Å². The van der Waals surface area contributed by atoms with Gasteiger partial charge in [0.25, 0.3) is 0 Å². The molecule has 1 heterocycles. The Kier molecular flexibility index (Phi) is 2.34. The highest BCUT2D eigenvalue weighted by molar-refractivity contribution is 7.10. The molecule has 2 N–H and O–H groups in total. The second kappa shape index (κ2) is 2.91. The highest BCUT2D eigenvalue weighted by atomic mass is 35.5. The average molecular weight is 176 g/mol. The van der Waals surface area contributed by atoms with E-state index in [0.717, 1.165) is 15.5 Å². The second-order valence-corrected chi connectivity index (χ2v) is 3.67. The van der Waals surface area contributed by atoms with Gasteiger partial charge in [-0.3, -0.25) is 0 Å². The summed E-state index contributed by atoms with van der Waals surface area (Å²) >= 11 is 7.56. The lowest BCUT2D eigenvalue weighted by atomic mass is 10.2. The van der Waals surface area contributed by atoms with Crippen molar-refractivity contribution in [3.8, 4) is 0 Å². The molecule has 0 saturated carbocycles. The van der Waals surface area contributed by atoms with Gasteiger partial charge >= 0.3 is 0 Å². The van der Waals surface area contributed by atoms with Gasteiger partial charge in [0, 0.05) is 10.9 Å². The van der Waals surface area contributed by atoms with E-state index in [4.69, 9.17) is 17.3 Å². The molecule has 0 aliphatic carbocycles. The van der Waals surface area contributed by atoms with Gasteiger partial charge in [0.2, 0.25) is 0 Å². The number of thiophene rings is 1. The maximum atomic E-state index is 5.93. The Balaban J connectivity index is 3.05. The first-order valence-electron chi connectivity index (χ1n) is 3.12. The van der Waals surface area contributed by atoms with Gasteiger partial charge in [-0.2, -0.15) is 0 Å². The molecule has 56 valence electrons. The topological polar surface area (TPSA) is 26.0 Å². The van der Waals surface area contributed by atoms with Gasteiger partial charge in [-0.15, -0.1) is 11.3 Å². The highest BCUT2D eigenvalue weighted by Gasteiger charge is 2.08. The minimum Gasteiger partial charge on any atom is -0.323 e. The van der Waals surface area contributed by atoms with Gasteiger partial charge in [-0.1, -0.05) is 11.6 Å². The fourth-order valence-electron chi connectivity index (χ4n) is 0.757. The van der Waals surface area contributed by atoms with Crippen LogP contribution >= 0.6 is 22.9 Å². The third-order valence-electron chi connectivity index (χ3n) is 1.34. The summed E-state index contributed by atoms with van der Waals surface area (Å²) in [5.41, 5.74) is 6.78. The third kappa shape index (κ3) is 1.34. The molecule has 3 heteroatoms. The average Bonchev–Trinajstić information content (AvgIpc) is 2.14. The molecule has 0 amide bonds. The van der Waals surface area contributed by atoms with Crippen molar-refractivity contribution in [2.24, 2.45) is 5.73 Å². The van der Waals surface area contributed by atoms with Crippen LogP contribution in [0.25, 0.3) is 0 Å². The molecule has 1 nitrogen and oxygen atoms in total. The molecule has 0 saturated heterocycles. The molecule has 1 atom stereocenters. The Hall–Kier alpha value is -0.0500. The van der Waals surface area contributed by atoms with Gasteiger partial charge in [0.15, 0.2) is 0 Å². The maximum absolute atomic E-state index is 5.93. The van der Waals surface area contributed by atoms with Crippen molar-refractivity contribution in [2.75, 3.05) is 0 Å². The molecular weight excluding hydrogens is 166 g/mol. The van der Waals surface area contributed by atoms with Crippen LogP contribution in [-0.4, -0.2) is 0 Å². The summed E-state index contributed by atoms with van der Waals surface area (Å²) in [5.74, 6) is 0. The predicted octanol–water partition coefficient (Wildman–Crippen LogP) is 2.73. The molecular formula is C7H10ClNS. The summed E-state index contributed by atoms with van der Waals surface area (Å²) in [6.07, 6.45) is 0. The first-order valence-corrected chi connectivity index (χ1v) is 4.37. The van der Waals surface area contributed by atoms with Crippen molar-refractivity contribution in [3.05, 3.63) is 20.8 Å². The first kappa shape index (κ1) is 8.05. The largest absolute Gasteiger partial charge is 0.323 e. The highest BCUT2D eigenvalue weighted by Crippen LogP contribution is 2.30. The smallest absolute Gasteiger partial charge is 0.0590 e. The Morgan fingerprint density at radius 3 is 2.50 bits per heavy atom. The lowest BCUT2D eigenvalue weighted by Gasteiger charge is -2.00. The van der Waals surface area contributed by atoms with Crippen molar-refractivity contribution in [3.63, 3.8) is 0 Å². The van der Waals surface area contributed by atoms with Gasteiger partial charge in [-0.05, 0) is 24.8 Å². The molecule has 0 radical (unpaired) electrons. The molecule has 1 rings (SSSR count). The molecule has 0 aliphatic heterocycles. The molecule has 10 heavy (non-hydrogen) atoms. The zero-order chi connectivity index (χ0) is 7.72. The number of hydrogen-bond donors (Lipinski definition) is 1. The van der Waals surface area contributed by atoms with E-state index in [9.17, 15) is 0 Å². The van der Waals surface area contributed by atoms with Crippen LogP contribution in [0.5, 0.6) is 0 Å². The van der Waals surface area contributed by atoms with Crippen LogP contribution < -0.4 is 5.73 Å². The van der Waals surface area contributed by atoms with E-state index < -0.39 is 0 Å². The van der Waals surface area contributed by atoms with Crippen LogP contribution in [0.2, 0.25) is 5.02 Å². The quantitative estimate of drug-likeness (QED) is 0.698. The second-order valence-electron chi connectivity index (χ2n) is 2.39. The molecule has 0 fully saturated rings. The van der Waals surface area contributed by atoms with Crippen LogP contribution in [0.1, 0.15) is 23.4 Å². The van der Waals surface area contributed by atoms with Crippen LogP contribution in [0, 0.1) is 6.92 Å². The Morgan fingerprint density at radius 1 is 1.70 bits per heavy atom. The van der Waals surface area contributed by atoms with Gasteiger partial charge < -0.3 is 5.73 Å². The van der Waals surface area contributed by atoms with Crippen LogP contribution in [0.15, 0.2) is 5.38 Å². The number of aryl methyl sites for hydroxylation is 1. The van der Waals surface area contributed by atoms with E-state index in [1.165, 1.54) is 0 Å². The summed E-state index contributed by atoms with van der Waals surface area (Å²) in [6, 6.07) is 0.0613. The van der Waals surface area contributed by atoms with E-state index in [2.05, 4.69) is 0 Å². The monoisotopic (exact) mass is 175 g/mol. The molecule has 0 aliphatic rings. The Morgan fingerprint density at radius 2 is 2.30 bits per heavy atom. The fraction of sp³-hybridized carbons (Fsp3) is 0.429. The molecule has 0 unspecified atom stereocenters. The predicted molar refractivity (Wildman–Crippen MR) is 46.7 cm³/mol.